The van der Waals surface area contributed by atoms with Crippen molar-refractivity contribution in [3.05, 3.63) is 98.2 Å². The molecule has 0 spiro atoms. The average Bonchev–Trinajstić information content (AvgIpc) is 3.21. The molecule has 0 bridgehead atoms. The zero-order valence-electron chi connectivity index (χ0n) is 18.9. The molecule has 0 fully saturated rings. The number of carbonyl (C=O) groups excluding carboxylic acids is 1. The quantitative estimate of drug-likeness (QED) is 0.217. The molecule has 0 saturated heterocycles. The zero-order valence-corrected chi connectivity index (χ0v) is 21.2. The van der Waals surface area contributed by atoms with E-state index in [0.717, 1.165) is 10.3 Å². The molecule has 6 nitrogen and oxygen atoms in total. The molecule has 4 aromatic rings. The SMILES string of the molecule is CCOc1cccc(C2C(C#N)=C(N)Oc3cc(OC(=O)c4sc5cccc(Cl)c5c4Cl)ccc32)c1. The Bertz CT molecular complexity index is 1590. The summed E-state index contributed by atoms with van der Waals surface area (Å²) in [5.41, 5.74) is 7.93. The first-order valence-electron chi connectivity index (χ1n) is 10.9. The third-order valence-corrected chi connectivity index (χ3v) is 7.64. The fraction of sp³-hybridized carbons (Fsp3) is 0.111. The van der Waals surface area contributed by atoms with Gasteiger partial charge in [0.25, 0.3) is 0 Å². The van der Waals surface area contributed by atoms with Crippen molar-refractivity contribution < 1.29 is 19.0 Å². The first kappa shape index (κ1) is 24.0. The van der Waals surface area contributed by atoms with E-state index in [1.165, 1.54) is 11.3 Å². The lowest BCUT2D eigenvalue weighted by atomic mass is 9.83. The molecule has 180 valence electrons. The second-order valence-corrected chi connectivity index (χ2v) is 9.71. The Morgan fingerprint density at radius 2 is 1.94 bits per heavy atom. The summed E-state index contributed by atoms with van der Waals surface area (Å²) < 4.78 is 17.8. The molecule has 0 aliphatic carbocycles. The molecular weight excluding hydrogens is 519 g/mol. The molecule has 1 atom stereocenters. The van der Waals surface area contributed by atoms with E-state index in [-0.39, 0.29) is 27.1 Å². The molecule has 0 amide bonds. The summed E-state index contributed by atoms with van der Waals surface area (Å²) in [5, 5.41) is 11.1. The van der Waals surface area contributed by atoms with Gasteiger partial charge in [0.05, 0.1) is 22.6 Å². The van der Waals surface area contributed by atoms with Crippen molar-refractivity contribution >= 4 is 50.6 Å². The number of carbonyl (C=O) groups is 1. The molecule has 36 heavy (non-hydrogen) atoms. The smallest absolute Gasteiger partial charge is 0.355 e. The zero-order chi connectivity index (χ0) is 25.4. The van der Waals surface area contributed by atoms with Gasteiger partial charge in [-0.05, 0) is 42.8 Å². The van der Waals surface area contributed by atoms with Crippen molar-refractivity contribution in [2.75, 3.05) is 6.61 Å². The maximum atomic E-state index is 13.0. The van der Waals surface area contributed by atoms with Gasteiger partial charge in [0.1, 0.15) is 33.8 Å². The highest BCUT2D eigenvalue weighted by molar-refractivity contribution is 7.21. The van der Waals surface area contributed by atoms with E-state index >= 15 is 0 Å². The number of fused-ring (bicyclic) bond motifs is 2. The standard InChI is InChI=1S/C27H18Cl2N2O4S/c1-2-33-15-6-3-5-14(11-15)22-17-10-9-16(12-20(17)35-26(31)18(22)13-30)34-27(32)25-24(29)23-19(28)7-4-8-21(23)36-25/h3-12,22H,2,31H2,1H3. The number of halogens is 2. The second-order valence-electron chi connectivity index (χ2n) is 7.88. The van der Waals surface area contributed by atoms with Crippen LogP contribution in [0.15, 0.2) is 72.1 Å². The lowest BCUT2D eigenvalue weighted by molar-refractivity contribution is 0.0740. The number of nitrogens with two attached hydrogens (primary N) is 1. The maximum absolute atomic E-state index is 13.0. The van der Waals surface area contributed by atoms with Gasteiger partial charge in [-0.3, -0.25) is 0 Å². The number of allylic oxidation sites excluding steroid dienone is 1. The van der Waals surface area contributed by atoms with Gasteiger partial charge in [0, 0.05) is 21.7 Å². The van der Waals surface area contributed by atoms with E-state index in [0.29, 0.717) is 34.1 Å². The molecule has 0 saturated carbocycles. The van der Waals surface area contributed by atoms with Crippen molar-refractivity contribution in [3.63, 3.8) is 0 Å². The number of hydrogen-bond donors (Lipinski definition) is 1. The summed E-state index contributed by atoms with van der Waals surface area (Å²) in [5.74, 6) is 0.216. The number of benzene rings is 3. The second kappa shape index (κ2) is 9.75. The monoisotopic (exact) mass is 536 g/mol. The van der Waals surface area contributed by atoms with Gasteiger partial charge in [0.2, 0.25) is 5.88 Å². The van der Waals surface area contributed by atoms with Crippen LogP contribution in [0.3, 0.4) is 0 Å². The number of esters is 1. The minimum absolute atomic E-state index is 0.0116. The summed E-state index contributed by atoms with van der Waals surface area (Å²) in [6, 6.07) is 20.0. The van der Waals surface area contributed by atoms with Crippen LogP contribution in [0.4, 0.5) is 0 Å². The highest BCUT2D eigenvalue weighted by atomic mass is 35.5. The van der Waals surface area contributed by atoms with Crippen LogP contribution in [0, 0.1) is 11.3 Å². The molecule has 9 heteroatoms. The molecule has 1 aliphatic rings. The molecule has 5 rings (SSSR count). The predicted octanol–water partition coefficient (Wildman–Crippen LogP) is 7.04. The summed E-state index contributed by atoms with van der Waals surface area (Å²) in [6.07, 6.45) is 0. The molecule has 1 aromatic heterocycles. The van der Waals surface area contributed by atoms with Crippen LogP contribution >= 0.6 is 34.5 Å². The van der Waals surface area contributed by atoms with E-state index in [1.54, 1.807) is 30.3 Å². The van der Waals surface area contributed by atoms with Crippen LogP contribution in [0.1, 0.15) is 33.6 Å². The topological polar surface area (TPSA) is 94.6 Å². The van der Waals surface area contributed by atoms with E-state index < -0.39 is 11.9 Å². The van der Waals surface area contributed by atoms with Gasteiger partial charge in [-0.25, -0.2) is 4.79 Å². The van der Waals surface area contributed by atoms with Crippen LogP contribution in [0.25, 0.3) is 10.1 Å². The van der Waals surface area contributed by atoms with Crippen molar-refractivity contribution in [1.82, 2.24) is 0 Å². The van der Waals surface area contributed by atoms with Gasteiger partial charge in [-0.2, -0.15) is 5.26 Å². The number of ether oxygens (including phenoxy) is 3. The maximum Gasteiger partial charge on any atom is 0.355 e. The van der Waals surface area contributed by atoms with Gasteiger partial charge in [-0.15, -0.1) is 11.3 Å². The van der Waals surface area contributed by atoms with E-state index in [2.05, 4.69) is 6.07 Å². The molecule has 3 aromatic carbocycles. The van der Waals surface area contributed by atoms with Crippen molar-refractivity contribution in [2.45, 2.75) is 12.8 Å². The first-order chi connectivity index (χ1) is 17.4. The molecule has 1 aliphatic heterocycles. The van der Waals surface area contributed by atoms with Gasteiger partial charge >= 0.3 is 5.97 Å². The minimum Gasteiger partial charge on any atom is -0.494 e. The summed E-state index contributed by atoms with van der Waals surface area (Å²) in [6.45, 7) is 2.42. The largest absolute Gasteiger partial charge is 0.494 e. The van der Waals surface area contributed by atoms with E-state index in [4.69, 9.17) is 43.1 Å². The minimum atomic E-state index is -0.616. The predicted molar refractivity (Wildman–Crippen MR) is 140 cm³/mol. The van der Waals surface area contributed by atoms with Crippen LogP contribution in [-0.4, -0.2) is 12.6 Å². The summed E-state index contributed by atoms with van der Waals surface area (Å²) in [4.78, 5) is 13.2. The van der Waals surface area contributed by atoms with E-state index in [9.17, 15) is 10.1 Å². The summed E-state index contributed by atoms with van der Waals surface area (Å²) >= 11 is 13.9. The Hall–Kier alpha value is -3.70. The highest BCUT2D eigenvalue weighted by Gasteiger charge is 2.31. The van der Waals surface area contributed by atoms with Gasteiger partial charge in [-0.1, -0.05) is 47.5 Å². The number of rotatable bonds is 5. The first-order valence-corrected chi connectivity index (χ1v) is 12.5. The molecular formula is C27H18Cl2N2O4S. The molecule has 0 radical (unpaired) electrons. The van der Waals surface area contributed by atoms with Crippen molar-refractivity contribution in [2.24, 2.45) is 5.73 Å². The van der Waals surface area contributed by atoms with Gasteiger partial charge < -0.3 is 19.9 Å². The lowest BCUT2D eigenvalue weighted by Crippen LogP contribution is -2.21. The van der Waals surface area contributed by atoms with Crippen LogP contribution in [0.2, 0.25) is 10.0 Å². The van der Waals surface area contributed by atoms with Crippen LogP contribution in [-0.2, 0) is 0 Å². The number of nitriles is 1. The Labute approximate surface area is 221 Å². The molecule has 2 heterocycles. The number of nitrogens with zero attached hydrogens (tertiary/aromatic N) is 1. The fourth-order valence-corrected chi connectivity index (χ4v) is 5.97. The normalized spacial score (nSPS) is 14.7. The Balaban J connectivity index is 1.49. The lowest BCUT2D eigenvalue weighted by Gasteiger charge is -2.27. The van der Waals surface area contributed by atoms with Gasteiger partial charge in [0.15, 0.2) is 0 Å². The number of hydrogen-bond acceptors (Lipinski definition) is 7. The molecule has 1 unspecified atom stereocenters. The van der Waals surface area contributed by atoms with Crippen molar-refractivity contribution in [1.29, 1.82) is 5.26 Å². The third kappa shape index (κ3) is 4.24. The number of thiophene rings is 1. The average molecular weight is 537 g/mol. The van der Waals surface area contributed by atoms with Crippen LogP contribution < -0.4 is 19.9 Å². The third-order valence-electron chi connectivity index (χ3n) is 5.70. The summed E-state index contributed by atoms with van der Waals surface area (Å²) in [7, 11) is 0. The Morgan fingerprint density at radius 1 is 1.14 bits per heavy atom. The highest BCUT2D eigenvalue weighted by Crippen LogP contribution is 2.44. The van der Waals surface area contributed by atoms with Crippen molar-refractivity contribution in [3.8, 4) is 23.3 Å². The van der Waals surface area contributed by atoms with E-state index in [1.807, 2.05) is 37.3 Å². The Morgan fingerprint density at radius 3 is 2.69 bits per heavy atom. The fourth-order valence-electron chi connectivity index (χ4n) is 4.15. The molecule has 2 N–H and O–H groups in total. The van der Waals surface area contributed by atoms with Crippen LogP contribution in [0.5, 0.6) is 17.2 Å². The Kier molecular flexibility index (Phi) is 6.50.